The highest BCUT2D eigenvalue weighted by atomic mass is 28.4. The van der Waals surface area contributed by atoms with Crippen molar-refractivity contribution in [3.8, 4) is 0 Å². The maximum atomic E-state index is 9.91. The molecule has 0 bridgehead atoms. The van der Waals surface area contributed by atoms with Crippen LogP contribution in [0.3, 0.4) is 0 Å². The van der Waals surface area contributed by atoms with Gasteiger partial charge in [0.25, 0.3) is 0 Å². The molecule has 1 rings (SSSR count). The van der Waals surface area contributed by atoms with Gasteiger partial charge < -0.3 is 14.6 Å². The molecule has 1 aliphatic carbocycles. The number of rotatable bonds is 2. The summed E-state index contributed by atoms with van der Waals surface area (Å²) in [5.74, 6) is 0. The molecule has 3 nitrogen and oxygen atoms in total. The molecule has 0 radical (unpaired) electrons. The SMILES string of the molecule is CC(C)(C)[Si](C)(C)O[C@H]1CCC[C@H](O)[C@@H]1O. The Balaban J connectivity index is 2.66. The van der Waals surface area contributed by atoms with Crippen molar-refractivity contribution in [1.29, 1.82) is 0 Å². The summed E-state index contributed by atoms with van der Waals surface area (Å²) < 4.78 is 6.15. The van der Waals surface area contributed by atoms with Gasteiger partial charge in [-0.3, -0.25) is 0 Å². The van der Waals surface area contributed by atoms with Crippen molar-refractivity contribution in [2.45, 2.75) is 76.5 Å². The highest BCUT2D eigenvalue weighted by Gasteiger charge is 2.42. The summed E-state index contributed by atoms with van der Waals surface area (Å²) in [5, 5.41) is 19.7. The summed E-state index contributed by atoms with van der Waals surface area (Å²) in [6, 6.07) is 0. The molecule has 0 aliphatic heterocycles. The molecule has 0 aromatic heterocycles. The van der Waals surface area contributed by atoms with Gasteiger partial charge >= 0.3 is 0 Å². The predicted molar refractivity (Wildman–Crippen MR) is 67.9 cm³/mol. The molecule has 0 spiro atoms. The zero-order valence-corrected chi connectivity index (χ0v) is 12.2. The van der Waals surface area contributed by atoms with Crippen LogP contribution in [0, 0.1) is 0 Å². The number of aliphatic hydroxyl groups excluding tert-OH is 2. The van der Waals surface area contributed by atoms with Crippen LogP contribution in [0.5, 0.6) is 0 Å². The van der Waals surface area contributed by atoms with Crippen molar-refractivity contribution in [3.63, 3.8) is 0 Å². The van der Waals surface area contributed by atoms with E-state index in [0.717, 1.165) is 12.8 Å². The largest absolute Gasteiger partial charge is 0.411 e. The van der Waals surface area contributed by atoms with E-state index in [-0.39, 0.29) is 11.1 Å². The highest BCUT2D eigenvalue weighted by Crippen LogP contribution is 2.39. The fourth-order valence-corrected chi connectivity index (χ4v) is 3.17. The van der Waals surface area contributed by atoms with Crippen LogP contribution in [0.2, 0.25) is 18.1 Å². The van der Waals surface area contributed by atoms with Crippen LogP contribution in [0.25, 0.3) is 0 Å². The number of hydrogen-bond acceptors (Lipinski definition) is 3. The summed E-state index contributed by atoms with van der Waals surface area (Å²) in [5.41, 5.74) is 0. The van der Waals surface area contributed by atoms with E-state index in [1.165, 1.54) is 0 Å². The zero-order chi connectivity index (χ0) is 12.6. The zero-order valence-electron chi connectivity index (χ0n) is 11.2. The summed E-state index contributed by atoms with van der Waals surface area (Å²) in [6.45, 7) is 10.9. The molecule has 0 aromatic carbocycles. The molecule has 1 saturated carbocycles. The quantitative estimate of drug-likeness (QED) is 0.735. The fourth-order valence-electron chi connectivity index (χ4n) is 1.80. The lowest BCUT2D eigenvalue weighted by molar-refractivity contribution is -0.0789. The van der Waals surface area contributed by atoms with Gasteiger partial charge in [-0.05, 0) is 37.4 Å². The lowest BCUT2D eigenvalue weighted by Crippen LogP contribution is -2.51. The van der Waals surface area contributed by atoms with Gasteiger partial charge in [0.05, 0.1) is 12.2 Å². The summed E-state index contributed by atoms with van der Waals surface area (Å²) in [7, 11) is -1.83. The van der Waals surface area contributed by atoms with Crippen molar-refractivity contribution in [2.24, 2.45) is 0 Å². The Morgan fingerprint density at radius 2 is 1.69 bits per heavy atom. The van der Waals surface area contributed by atoms with E-state index in [1.807, 2.05) is 0 Å². The highest BCUT2D eigenvalue weighted by molar-refractivity contribution is 6.74. The lowest BCUT2D eigenvalue weighted by atomic mass is 9.92. The summed E-state index contributed by atoms with van der Waals surface area (Å²) in [4.78, 5) is 0. The minimum Gasteiger partial charge on any atom is -0.411 e. The third kappa shape index (κ3) is 3.06. The topological polar surface area (TPSA) is 49.7 Å². The molecular weight excluding hydrogens is 220 g/mol. The minimum atomic E-state index is -1.83. The average molecular weight is 246 g/mol. The Bertz CT molecular complexity index is 235. The van der Waals surface area contributed by atoms with Crippen molar-refractivity contribution in [2.75, 3.05) is 0 Å². The molecular formula is C12H26O3Si. The third-order valence-corrected chi connectivity index (χ3v) is 8.52. The Hall–Kier alpha value is 0.0969. The summed E-state index contributed by atoms with van der Waals surface area (Å²) in [6.07, 6.45) is 1.01. The van der Waals surface area contributed by atoms with Crippen LogP contribution >= 0.6 is 0 Å². The first-order valence-electron chi connectivity index (χ1n) is 6.19. The monoisotopic (exact) mass is 246 g/mol. The Morgan fingerprint density at radius 1 is 1.12 bits per heavy atom. The Labute approximate surface area is 100.0 Å². The van der Waals surface area contributed by atoms with E-state index >= 15 is 0 Å². The van der Waals surface area contributed by atoms with Gasteiger partial charge in [0.2, 0.25) is 0 Å². The maximum Gasteiger partial charge on any atom is 0.192 e. The lowest BCUT2D eigenvalue weighted by Gasteiger charge is -2.42. The van der Waals surface area contributed by atoms with Crippen molar-refractivity contribution in [3.05, 3.63) is 0 Å². The van der Waals surface area contributed by atoms with Gasteiger partial charge in [0, 0.05) is 0 Å². The van der Waals surface area contributed by atoms with E-state index in [1.54, 1.807) is 0 Å². The van der Waals surface area contributed by atoms with E-state index in [4.69, 9.17) is 4.43 Å². The van der Waals surface area contributed by atoms with Crippen LogP contribution in [0.15, 0.2) is 0 Å². The average Bonchev–Trinajstić information content (AvgIpc) is 2.11. The first-order valence-corrected chi connectivity index (χ1v) is 9.10. The van der Waals surface area contributed by atoms with Gasteiger partial charge in [-0.15, -0.1) is 0 Å². The molecule has 96 valence electrons. The van der Waals surface area contributed by atoms with Gasteiger partial charge in [0.15, 0.2) is 8.32 Å². The third-order valence-electron chi connectivity index (χ3n) is 4.02. The fraction of sp³-hybridized carbons (Fsp3) is 1.00. The number of aliphatic hydroxyl groups is 2. The standard InChI is InChI=1S/C12H26O3Si/c1-12(2,3)16(4,5)15-10-8-6-7-9(13)11(10)14/h9-11,13-14H,6-8H2,1-5H3/t9-,10-,11-/m0/s1. The molecule has 4 heteroatoms. The van der Waals surface area contributed by atoms with Crippen LogP contribution in [0.4, 0.5) is 0 Å². The normalized spacial score (nSPS) is 32.8. The van der Waals surface area contributed by atoms with Crippen LogP contribution in [-0.4, -0.2) is 36.8 Å². The first kappa shape index (κ1) is 14.2. The van der Waals surface area contributed by atoms with Gasteiger partial charge in [-0.1, -0.05) is 20.8 Å². The predicted octanol–water partition coefficient (Wildman–Crippen LogP) is 2.28. The van der Waals surface area contributed by atoms with Crippen molar-refractivity contribution >= 4 is 8.32 Å². The second kappa shape index (κ2) is 4.76. The molecule has 16 heavy (non-hydrogen) atoms. The smallest absolute Gasteiger partial charge is 0.192 e. The Kier molecular flexibility index (Phi) is 4.22. The first-order chi connectivity index (χ1) is 7.15. The number of hydrogen-bond donors (Lipinski definition) is 2. The van der Waals surface area contributed by atoms with Gasteiger partial charge in [0.1, 0.15) is 6.10 Å². The van der Waals surface area contributed by atoms with Crippen LogP contribution in [-0.2, 0) is 4.43 Å². The van der Waals surface area contributed by atoms with E-state index < -0.39 is 20.5 Å². The maximum absolute atomic E-state index is 9.91. The molecule has 1 aliphatic rings. The molecule has 2 N–H and O–H groups in total. The van der Waals surface area contributed by atoms with Crippen LogP contribution in [0.1, 0.15) is 40.0 Å². The molecule has 0 heterocycles. The van der Waals surface area contributed by atoms with Crippen LogP contribution < -0.4 is 0 Å². The molecule has 0 aromatic rings. The second-order valence-corrected chi connectivity index (χ2v) is 11.2. The molecule has 3 atom stereocenters. The summed E-state index contributed by atoms with van der Waals surface area (Å²) >= 11 is 0. The molecule has 0 unspecified atom stereocenters. The van der Waals surface area contributed by atoms with Gasteiger partial charge in [-0.2, -0.15) is 0 Å². The molecule has 1 fully saturated rings. The second-order valence-electron chi connectivity index (χ2n) is 6.41. The minimum absolute atomic E-state index is 0.148. The molecule has 0 amide bonds. The Morgan fingerprint density at radius 3 is 2.19 bits per heavy atom. The van der Waals surface area contributed by atoms with E-state index in [9.17, 15) is 10.2 Å². The molecule has 0 saturated heterocycles. The van der Waals surface area contributed by atoms with E-state index in [2.05, 4.69) is 33.9 Å². The van der Waals surface area contributed by atoms with Crippen molar-refractivity contribution < 1.29 is 14.6 Å². The van der Waals surface area contributed by atoms with Crippen molar-refractivity contribution in [1.82, 2.24) is 0 Å². The van der Waals surface area contributed by atoms with E-state index in [0.29, 0.717) is 6.42 Å². The van der Waals surface area contributed by atoms with Gasteiger partial charge in [-0.25, -0.2) is 0 Å².